The number of halogens is 1. The lowest BCUT2D eigenvalue weighted by Crippen LogP contribution is -2.13. The molecule has 2 amide bonds. The smallest absolute Gasteiger partial charge is 0.255 e. The molecule has 138 valence electrons. The first-order valence-electron chi connectivity index (χ1n) is 8.35. The van der Waals surface area contributed by atoms with Crippen LogP contribution in [0.5, 0.6) is 0 Å². The van der Waals surface area contributed by atoms with E-state index in [9.17, 15) is 14.0 Å². The van der Waals surface area contributed by atoms with Crippen LogP contribution in [0.3, 0.4) is 0 Å². The Morgan fingerprint density at radius 3 is 2.30 bits per heavy atom. The number of amides is 2. The van der Waals surface area contributed by atoms with Crippen LogP contribution in [0.15, 0.2) is 48.5 Å². The zero-order valence-corrected chi connectivity index (χ0v) is 15.2. The average molecular weight is 366 g/mol. The molecule has 0 bridgehead atoms. The molecule has 0 saturated heterocycles. The Morgan fingerprint density at radius 1 is 1.00 bits per heavy atom. The van der Waals surface area contributed by atoms with Gasteiger partial charge in [-0.25, -0.2) is 9.07 Å². The molecule has 1 aromatic heterocycles. The van der Waals surface area contributed by atoms with Gasteiger partial charge < -0.3 is 10.6 Å². The van der Waals surface area contributed by atoms with Crippen LogP contribution in [0, 0.1) is 19.7 Å². The van der Waals surface area contributed by atoms with Crippen LogP contribution in [-0.4, -0.2) is 21.6 Å². The summed E-state index contributed by atoms with van der Waals surface area (Å²) in [6, 6.07) is 13.0. The van der Waals surface area contributed by atoms with Crippen molar-refractivity contribution >= 4 is 23.2 Å². The molecule has 0 aliphatic rings. The molecular formula is C20H19FN4O2. The van der Waals surface area contributed by atoms with Crippen LogP contribution in [0.4, 0.5) is 15.8 Å². The number of nitrogens with zero attached hydrogens (tertiary/aromatic N) is 2. The lowest BCUT2D eigenvalue weighted by molar-refractivity contribution is -0.114. The van der Waals surface area contributed by atoms with E-state index >= 15 is 0 Å². The van der Waals surface area contributed by atoms with E-state index in [0.29, 0.717) is 11.3 Å². The number of aryl methyl sites for hydroxylation is 2. The van der Waals surface area contributed by atoms with Crippen molar-refractivity contribution in [2.45, 2.75) is 20.8 Å². The number of aromatic nitrogens is 2. The first-order valence-corrected chi connectivity index (χ1v) is 8.35. The largest absolute Gasteiger partial charge is 0.324 e. The van der Waals surface area contributed by atoms with Gasteiger partial charge in [-0.05, 0) is 62.4 Å². The van der Waals surface area contributed by atoms with Crippen molar-refractivity contribution in [3.63, 3.8) is 0 Å². The maximum atomic E-state index is 13.7. The molecule has 0 fully saturated rings. The highest BCUT2D eigenvalue weighted by Crippen LogP contribution is 2.21. The Labute approximate surface area is 156 Å². The lowest BCUT2D eigenvalue weighted by Gasteiger charge is -2.10. The third-order valence-corrected chi connectivity index (χ3v) is 3.92. The Balaban J connectivity index is 1.77. The number of carbonyl (C=O) groups excluding carboxylic acids is 2. The Bertz CT molecular complexity index is 1010. The van der Waals surface area contributed by atoms with Gasteiger partial charge in [0.15, 0.2) is 0 Å². The quantitative estimate of drug-likeness (QED) is 0.737. The van der Waals surface area contributed by atoms with Gasteiger partial charge in [0.2, 0.25) is 5.91 Å². The van der Waals surface area contributed by atoms with Crippen LogP contribution in [0.2, 0.25) is 0 Å². The third-order valence-electron chi connectivity index (χ3n) is 3.92. The minimum Gasteiger partial charge on any atom is -0.324 e. The lowest BCUT2D eigenvalue weighted by atomic mass is 10.2. The number of hydrogen-bond donors (Lipinski definition) is 2. The van der Waals surface area contributed by atoms with E-state index in [2.05, 4.69) is 15.7 Å². The van der Waals surface area contributed by atoms with Gasteiger partial charge in [-0.2, -0.15) is 5.10 Å². The highest BCUT2D eigenvalue weighted by atomic mass is 19.1. The maximum absolute atomic E-state index is 13.7. The summed E-state index contributed by atoms with van der Waals surface area (Å²) < 4.78 is 15.5. The molecule has 7 heteroatoms. The second-order valence-corrected chi connectivity index (χ2v) is 6.22. The van der Waals surface area contributed by atoms with Crippen LogP contribution in [0.1, 0.15) is 28.7 Å². The molecule has 0 aliphatic carbocycles. The molecule has 3 rings (SSSR count). The van der Waals surface area contributed by atoms with E-state index in [4.69, 9.17) is 0 Å². The summed E-state index contributed by atoms with van der Waals surface area (Å²) in [5.74, 6) is -1.30. The second kappa shape index (κ2) is 7.41. The zero-order chi connectivity index (χ0) is 19.6. The molecule has 0 saturated carbocycles. The van der Waals surface area contributed by atoms with Crippen molar-refractivity contribution in [1.29, 1.82) is 0 Å². The summed E-state index contributed by atoms with van der Waals surface area (Å²) >= 11 is 0. The SMILES string of the molecule is CC(=O)Nc1cc(NC(=O)c2ccc(-n3nc(C)cc3C)cc2)ccc1F. The number of carbonyl (C=O) groups is 2. The number of benzene rings is 2. The highest BCUT2D eigenvalue weighted by Gasteiger charge is 2.10. The maximum Gasteiger partial charge on any atom is 0.255 e. The van der Waals surface area contributed by atoms with Crippen molar-refractivity contribution in [3.05, 3.63) is 71.3 Å². The number of nitrogens with one attached hydrogen (secondary N) is 2. The van der Waals surface area contributed by atoms with Crippen LogP contribution < -0.4 is 10.6 Å². The minimum absolute atomic E-state index is 0.0141. The molecule has 0 radical (unpaired) electrons. The normalized spacial score (nSPS) is 10.5. The standard InChI is InChI=1S/C20H19FN4O2/c1-12-10-13(2)25(24-12)17-7-4-15(5-8-17)20(27)23-16-6-9-18(21)19(11-16)22-14(3)26/h4-11H,1-3H3,(H,22,26)(H,23,27). The van der Waals surface area contributed by atoms with E-state index in [0.717, 1.165) is 17.1 Å². The molecule has 0 spiro atoms. The third kappa shape index (κ3) is 4.20. The molecule has 0 aliphatic heterocycles. The van der Waals surface area contributed by atoms with Gasteiger partial charge in [-0.15, -0.1) is 0 Å². The fourth-order valence-corrected chi connectivity index (χ4v) is 2.74. The molecule has 2 N–H and O–H groups in total. The monoisotopic (exact) mass is 366 g/mol. The first-order chi connectivity index (χ1) is 12.8. The summed E-state index contributed by atoms with van der Waals surface area (Å²) in [5, 5.41) is 9.49. The summed E-state index contributed by atoms with van der Waals surface area (Å²) in [4.78, 5) is 23.6. The van der Waals surface area contributed by atoms with Gasteiger partial charge in [-0.1, -0.05) is 0 Å². The molecule has 1 heterocycles. The van der Waals surface area contributed by atoms with Crippen LogP contribution in [-0.2, 0) is 4.79 Å². The summed E-state index contributed by atoms with van der Waals surface area (Å²) in [5.41, 5.74) is 3.62. The Morgan fingerprint density at radius 2 is 1.70 bits per heavy atom. The summed E-state index contributed by atoms with van der Waals surface area (Å²) in [7, 11) is 0. The second-order valence-electron chi connectivity index (χ2n) is 6.22. The minimum atomic E-state index is -0.572. The van der Waals surface area contributed by atoms with Gasteiger partial charge in [0.1, 0.15) is 5.82 Å². The molecule has 3 aromatic rings. The van der Waals surface area contributed by atoms with E-state index in [1.165, 1.54) is 25.1 Å². The molecule has 0 unspecified atom stereocenters. The van der Waals surface area contributed by atoms with Crippen molar-refractivity contribution < 1.29 is 14.0 Å². The van der Waals surface area contributed by atoms with E-state index in [-0.39, 0.29) is 11.6 Å². The first kappa shape index (κ1) is 18.3. The predicted molar refractivity (Wildman–Crippen MR) is 102 cm³/mol. The zero-order valence-electron chi connectivity index (χ0n) is 15.2. The van der Waals surface area contributed by atoms with Crippen molar-refractivity contribution in [1.82, 2.24) is 9.78 Å². The summed E-state index contributed by atoms with van der Waals surface area (Å²) in [6.07, 6.45) is 0. The van der Waals surface area contributed by atoms with Crippen molar-refractivity contribution in [3.8, 4) is 5.69 Å². The molecule has 0 atom stereocenters. The van der Waals surface area contributed by atoms with E-state index in [1.54, 1.807) is 16.8 Å². The van der Waals surface area contributed by atoms with Gasteiger partial charge in [0.05, 0.1) is 17.1 Å². The van der Waals surface area contributed by atoms with Gasteiger partial charge in [-0.3, -0.25) is 9.59 Å². The highest BCUT2D eigenvalue weighted by molar-refractivity contribution is 6.04. The topological polar surface area (TPSA) is 76.0 Å². The number of rotatable bonds is 4. The fraction of sp³-hybridized carbons (Fsp3) is 0.150. The Kier molecular flexibility index (Phi) is 5.03. The summed E-state index contributed by atoms with van der Waals surface area (Å²) in [6.45, 7) is 5.17. The van der Waals surface area contributed by atoms with E-state index < -0.39 is 11.7 Å². The number of hydrogen-bond acceptors (Lipinski definition) is 3. The average Bonchev–Trinajstić information content (AvgIpc) is 2.96. The van der Waals surface area contributed by atoms with Gasteiger partial charge in [0.25, 0.3) is 5.91 Å². The number of anilines is 2. The van der Waals surface area contributed by atoms with Crippen LogP contribution in [0.25, 0.3) is 5.69 Å². The van der Waals surface area contributed by atoms with Crippen molar-refractivity contribution in [2.75, 3.05) is 10.6 Å². The van der Waals surface area contributed by atoms with E-state index in [1.807, 2.05) is 32.0 Å². The molecule has 6 nitrogen and oxygen atoms in total. The predicted octanol–water partition coefficient (Wildman–Crippen LogP) is 3.84. The molecule has 27 heavy (non-hydrogen) atoms. The molecule has 2 aromatic carbocycles. The van der Waals surface area contributed by atoms with Gasteiger partial charge >= 0.3 is 0 Å². The fourth-order valence-electron chi connectivity index (χ4n) is 2.74. The van der Waals surface area contributed by atoms with Gasteiger partial charge in [0, 0.05) is 23.9 Å². The van der Waals surface area contributed by atoms with Crippen molar-refractivity contribution in [2.24, 2.45) is 0 Å². The Hall–Kier alpha value is -3.48. The van der Waals surface area contributed by atoms with Crippen LogP contribution >= 0.6 is 0 Å². The molecular weight excluding hydrogens is 347 g/mol.